The van der Waals surface area contributed by atoms with Crippen molar-refractivity contribution in [1.82, 2.24) is 15.1 Å². The van der Waals surface area contributed by atoms with Gasteiger partial charge in [-0.3, -0.25) is 4.68 Å². The van der Waals surface area contributed by atoms with Crippen LogP contribution in [0.25, 0.3) is 0 Å². The van der Waals surface area contributed by atoms with Gasteiger partial charge < -0.3 is 5.32 Å². The number of hydrogen-bond acceptors (Lipinski definition) is 2. The molecule has 0 amide bonds. The summed E-state index contributed by atoms with van der Waals surface area (Å²) in [6.45, 7) is 14.5. The summed E-state index contributed by atoms with van der Waals surface area (Å²) in [6.07, 6.45) is 6.41. The molecule has 2 atom stereocenters. The zero-order chi connectivity index (χ0) is 15.6. The quantitative estimate of drug-likeness (QED) is 0.902. The highest BCUT2D eigenvalue weighted by atomic mass is 15.3. The van der Waals surface area contributed by atoms with E-state index in [0.717, 1.165) is 18.9 Å². The Hall–Kier alpha value is -0.830. The molecule has 1 aromatic rings. The second-order valence-corrected chi connectivity index (χ2v) is 7.95. The Morgan fingerprint density at radius 3 is 2.57 bits per heavy atom. The first-order valence-electron chi connectivity index (χ1n) is 8.57. The fraction of sp³-hybridized carbons (Fsp3) is 0.833. The van der Waals surface area contributed by atoms with E-state index >= 15 is 0 Å². The lowest BCUT2D eigenvalue weighted by Gasteiger charge is -2.28. The van der Waals surface area contributed by atoms with E-state index in [1.165, 1.54) is 42.6 Å². The van der Waals surface area contributed by atoms with E-state index in [0.29, 0.717) is 6.04 Å². The first-order chi connectivity index (χ1) is 9.78. The van der Waals surface area contributed by atoms with Crippen molar-refractivity contribution in [3.63, 3.8) is 0 Å². The Labute approximate surface area is 130 Å². The Morgan fingerprint density at radius 2 is 1.95 bits per heavy atom. The maximum Gasteiger partial charge on any atom is 0.0629 e. The van der Waals surface area contributed by atoms with Crippen molar-refractivity contribution in [2.75, 3.05) is 6.54 Å². The van der Waals surface area contributed by atoms with Gasteiger partial charge in [-0.25, -0.2) is 0 Å². The van der Waals surface area contributed by atoms with Gasteiger partial charge in [-0.1, -0.05) is 19.8 Å². The molecule has 1 aliphatic carbocycles. The lowest BCUT2D eigenvalue weighted by molar-refractivity contribution is 0.263. The van der Waals surface area contributed by atoms with E-state index in [1.54, 1.807) is 0 Å². The van der Waals surface area contributed by atoms with Crippen molar-refractivity contribution >= 4 is 0 Å². The Kier molecular flexibility index (Phi) is 5.13. The lowest BCUT2D eigenvalue weighted by atomic mass is 9.87. The molecule has 0 radical (unpaired) electrons. The molecular weight excluding hydrogens is 258 g/mol. The third-order valence-electron chi connectivity index (χ3n) is 4.76. The van der Waals surface area contributed by atoms with E-state index in [1.807, 2.05) is 0 Å². The van der Waals surface area contributed by atoms with Gasteiger partial charge in [0.05, 0.1) is 11.7 Å². The van der Waals surface area contributed by atoms with E-state index in [4.69, 9.17) is 5.10 Å². The van der Waals surface area contributed by atoms with Gasteiger partial charge in [-0.05, 0) is 71.9 Å². The summed E-state index contributed by atoms with van der Waals surface area (Å²) < 4.78 is 2.33. The minimum atomic E-state index is 0.191. The molecule has 1 aromatic heterocycles. The molecule has 0 spiro atoms. The van der Waals surface area contributed by atoms with E-state index in [2.05, 4.69) is 51.5 Å². The fourth-order valence-electron chi connectivity index (χ4n) is 3.60. The van der Waals surface area contributed by atoms with E-state index in [9.17, 15) is 0 Å². The number of aryl methyl sites for hydroxylation is 1. The van der Waals surface area contributed by atoms with Crippen molar-refractivity contribution in [3.05, 3.63) is 17.0 Å². The predicted octanol–water partition coefficient (Wildman–Crippen LogP) is 4.18. The Bertz CT molecular complexity index is 468. The Morgan fingerprint density at radius 1 is 1.24 bits per heavy atom. The molecule has 0 aromatic carbocycles. The Balaban J connectivity index is 2.06. The minimum absolute atomic E-state index is 0.191. The number of aromatic nitrogens is 2. The first kappa shape index (κ1) is 16.5. The van der Waals surface area contributed by atoms with Gasteiger partial charge >= 0.3 is 0 Å². The van der Waals surface area contributed by atoms with Crippen LogP contribution in [0.3, 0.4) is 0 Å². The van der Waals surface area contributed by atoms with Gasteiger partial charge in [0.15, 0.2) is 0 Å². The molecular formula is C18H33N3. The smallest absolute Gasteiger partial charge is 0.0629 e. The molecule has 1 fully saturated rings. The van der Waals surface area contributed by atoms with E-state index in [-0.39, 0.29) is 5.54 Å². The monoisotopic (exact) mass is 291 g/mol. The zero-order valence-corrected chi connectivity index (χ0v) is 14.8. The zero-order valence-electron chi connectivity index (χ0n) is 14.8. The van der Waals surface area contributed by atoms with Gasteiger partial charge in [-0.15, -0.1) is 0 Å². The molecule has 2 unspecified atom stereocenters. The van der Waals surface area contributed by atoms with Crippen molar-refractivity contribution < 1.29 is 0 Å². The van der Waals surface area contributed by atoms with E-state index < -0.39 is 0 Å². The minimum Gasteiger partial charge on any atom is -0.312 e. The third-order valence-corrected chi connectivity index (χ3v) is 4.76. The highest BCUT2D eigenvalue weighted by Gasteiger charge is 2.24. The molecule has 3 heteroatoms. The number of nitrogens with zero attached hydrogens (tertiary/aromatic N) is 2. The van der Waals surface area contributed by atoms with Crippen LogP contribution in [0.15, 0.2) is 0 Å². The number of hydrogen-bond donors (Lipinski definition) is 1. The molecule has 120 valence electrons. The molecule has 2 rings (SSSR count). The van der Waals surface area contributed by atoms with Crippen molar-refractivity contribution in [2.24, 2.45) is 5.92 Å². The van der Waals surface area contributed by atoms with Crippen molar-refractivity contribution in [2.45, 2.75) is 85.2 Å². The van der Waals surface area contributed by atoms with Crippen LogP contribution in [0.5, 0.6) is 0 Å². The summed E-state index contributed by atoms with van der Waals surface area (Å²) in [4.78, 5) is 0. The number of rotatable bonds is 4. The average Bonchev–Trinajstić information content (AvgIpc) is 2.65. The van der Waals surface area contributed by atoms with Crippen LogP contribution in [0.4, 0.5) is 0 Å². The summed E-state index contributed by atoms with van der Waals surface area (Å²) in [5.41, 5.74) is 4.25. The van der Waals surface area contributed by atoms with Crippen LogP contribution < -0.4 is 5.32 Å². The largest absolute Gasteiger partial charge is 0.312 e. The van der Waals surface area contributed by atoms with Crippen molar-refractivity contribution in [3.8, 4) is 0 Å². The number of nitrogens with one attached hydrogen (secondary N) is 1. The molecule has 0 aliphatic heterocycles. The van der Waals surface area contributed by atoms with Gasteiger partial charge in [0.2, 0.25) is 0 Å². The van der Waals surface area contributed by atoms with Crippen LogP contribution in [0.1, 0.15) is 76.4 Å². The maximum atomic E-state index is 4.87. The standard InChI is InChI=1S/C18H33N3/c1-13-8-7-9-16(12-13)21-15(3)17(14(2)20-21)10-11-19-18(4,5)6/h13,16,19H,7-12H2,1-6H3. The van der Waals surface area contributed by atoms with Gasteiger partial charge in [0, 0.05) is 11.2 Å². The normalized spacial score (nSPS) is 23.5. The van der Waals surface area contributed by atoms with Gasteiger partial charge in [0.25, 0.3) is 0 Å². The van der Waals surface area contributed by atoms with Crippen LogP contribution >= 0.6 is 0 Å². The second-order valence-electron chi connectivity index (χ2n) is 7.95. The van der Waals surface area contributed by atoms with Gasteiger partial charge in [-0.2, -0.15) is 5.10 Å². The summed E-state index contributed by atoms with van der Waals surface area (Å²) in [5.74, 6) is 0.846. The predicted molar refractivity (Wildman–Crippen MR) is 89.8 cm³/mol. The van der Waals surface area contributed by atoms with Gasteiger partial charge in [0.1, 0.15) is 0 Å². The van der Waals surface area contributed by atoms with Crippen LogP contribution in [0.2, 0.25) is 0 Å². The van der Waals surface area contributed by atoms with Crippen LogP contribution in [-0.4, -0.2) is 21.9 Å². The summed E-state index contributed by atoms with van der Waals surface area (Å²) in [6, 6.07) is 0.622. The molecule has 1 N–H and O–H groups in total. The summed E-state index contributed by atoms with van der Waals surface area (Å²) in [5, 5.41) is 8.46. The van der Waals surface area contributed by atoms with Crippen LogP contribution in [0, 0.1) is 19.8 Å². The molecule has 1 aliphatic rings. The molecule has 21 heavy (non-hydrogen) atoms. The summed E-state index contributed by atoms with van der Waals surface area (Å²) >= 11 is 0. The molecule has 1 saturated carbocycles. The molecule has 3 nitrogen and oxygen atoms in total. The van der Waals surface area contributed by atoms with Crippen LogP contribution in [-0.2, 0) is 6.42 Å². The molecule has 1 heterocycles. The highest BCUT2D eigenvalue weighted by molar-refractivity contribution is 5.25. The topological polar surface area (TPSA) is 29.9 Å². The molecule has 0 bridgehead atoms. The molecule has 0 saturated heterocycles. The average molecular weight is 291 g/mol. The maximum absolute atomic E-state index is 4.87. The second kappa shape index (κ2) is 6.51. The fourth-order valence-corrected chi connectivity index (χ4v) is 3.60. The van der Waals surface area contributed by atoms with Crippen molar-refractivity contribution in [1.29, 1.82) is 0 Å². The lowest BCUT2D eigenvalue weighted by Crippen LogP contribution is -2.37. The SMILES string of the molecule is Cc1nn(C2CCCC(C)C2)c(C)c1CCNC(C)(C)C. The third kappa shape index (κ3) is 4.32. The first-order valence-corrected chi connectivity index (χ1v) is 8.57. The highest BCUT2D eigenvalue weighted by Crippen LogP contribution is 2.33. The summed E-state index contributed by atoms with van der Waals surface area (Å²) in [7, 11) is 0.